The van der Waals surface area contributed by atoms with Crippen molar-refractivity contribution >= 4 is 11.8 Å². The van der Waals surface area contributed by atoms with Gasteiger partial charge in [0.15, 0.2) is 0 Å². The summed E-state index contributed by atoms with van der Waals surface area (Å²) in [5, 5.41) is 3.81. The van der Waals surface area contributed by atoms with Crippen LogP contribution < -0.4 is 5.73 Å². The number of carbonyl (C=O) groups is 2. The lowest BCUT2D eigenvalue weighted by molar-refractivity contribution is -0.139. The minimum Gasteiger partial charge on any atom is -0.368 e. The molecular weight excluding hydrogens is 246 g/mol. The van der Waals surface area contributed by atoms with Crippen LogP contribution in [0.5, 0.6) is 0 Å². The van der Waals surface area contributed by atoms with Crippen LogP contribution in [0.25, 0.3) is 0 Å². The van der Waals surface area contributed by atoms with E-state index < -0.39 is 11.9 Å². The summed E-state index contributed by atoms with van der Waals surface area (Å²) in [5.41, 5.74) is 6.09. The molecule has 0 aliphatic carbocycles. The Balaban J connectivity index is 2.19. The summed E-state index contributed by atoms with van der Waals surface area (Å²) in [6.45, 7) is 4.30. The van der Waals surface area contributed by atoms with Gasteiger partial charge in [-0.3, -0.25) is 9.59 Å². The lowest BCUT2D eigenvalue weighted by atomic mass is 10.0. The average Bonchev–Trinajstić information content (AvgIpc) is 2.98. The highest BCUT2D eigenvalue weighted by atomic mass is 16.5. The molecule has 0 aromatic carbocycles. The van der Waals surface area contributed by atoms with Crippen molar-refractivity contribution in [3.63, 3.8) is 0 Å². The zero-order chi connectivity index (χ0) is 14.0. The standard InChI is InChI=1S/C13H19N3O3/c1-3-9(11-7-8(2)15-19-11)13(18)16-6-4-5-10(16)12(14)17/h7,9-10H,3-6H2,1-2H3,(H2,14,17). The van der Waals surface area contributed by atoms with Gasteiger partial charge in [0.2, 0.25) is 11.8 Å². The van der Waals surface area contributed by atoms with Crippen LogP contribution >= 0.6 is 0 Å². The highest BCUT2D eigenvalue weighted by Crippen LogP contribution is 2.27. The van der Waals surface area contributed by atoms with Crippen LogP contribution in [0.4, 0.5) is 0 Å². The van der Waals surface area contributed by atoms with E-state index in [2.05, 4.69) is 5.16 Å². The molecule has 2 heterocycles. The maximum atomic E-state index is 12.5. The van der Waals surface area contributed by atoms with Crippen LogP contribution in [0, 0.1) is 6.92 Å². The maximum Gasteiger partial charge on any atom is 0.240 e. The molecule has 1 aromatic rings. The molecule has 0 radical (unpaired) electrons. The number of hydrogen-bond donors (Lipinski definition) is 1. The van der Waals surface area contributed by atoms with E-state index in [1.54, 1.807) is 11.0 Å². The Morgan fingerprint density at radius 3 is 2.89 bits per heavy atom. The maximum absolute atomic E-state index is 12.5. The number of amides is 2. The minimum absolute atomic E-state index is 0.0973. The van der Waals surface area contributed by atoms with Gasteiger partial charge in [-0.25, -0.2) is 0 Å². The highest BCUT2D eigenvalue weighted by Gasteiger charge is 2.37. The quantitative estimate of drug-likeness (QED) is 0.877. The molecule has 0 bridgehead atoms. The molecule has 6 heteroatoms. The Kier molecular flexibility index (Phi) is 3.87. The largest absolute Gasteiger partial charge is 0.368 e. The fourth-order valence-corrected chi connectivity index (χ4v) is 2.57. The van der Waals surface area contributed by atoms with E-state index >= 15 is 0 Å². The van der Waals surface area contributed by atoms with Crippen molar-refractivity contribution in [2.24, 2.45) is 5.73 Å². The van der Waals surface area contributed by atoms with Crippen LogP contribution in [-0.4, -0.2) is 34.5 Å². The average molecular weight is 265 g/mol. The summed E-state index contributed by atoms with van der Waals surface area (Å²) in [5.74, 6) is -0.365. The molecule has 19 heavy (non-hydrogen) atoms. The SMILES string of the molecule is CCC(C(=O)N1CCCC1C(N)=O)c1cc(C)no1. The second-order valence-corrected chi connectivity index (χ2v) is 4.92. The molecule has 1 saturated heterocycles. The van der Waals surface area contributed by atoms with Gasteiger partial charge in [-0.15, -0.1) is 0 Å². The first-order valence-electron chi connectivity index (χ1n) is 6.57. The van der Waals surface area contributed by atoms with Crippen molar-refractivity contribution in [1.29, 1.82) is 0 Å². The van der Waals surface area contributed by atoms with Gasteiger partial charge < -0.3 is 15.2 Å². The zero-order valence-electron chi connectivity index (χ0n) is 11.3. The second-order valence-electron chi connectivity index (χ2n) is 4.92. The van der Waals surface area contributed by atoms with Crippen molar-refractivity contribution < 1.29 is 14.1 Å². The fourth-order valence-electron chi connectivity index (χ4n) is 2.57. The lowest BCUT2D eigenvalue weighted by Gasteiger charge is -2.25. The number of aromatic nitrogens is 1. The number of nitrogens with zero attached hydrogens (tertiary/aromatic N) is 2. The van der Waals surface area contributed by atoms with Crippen molar-refractivity contribution in [2.45, 2.75) is 45.1 Å². The predicted molar refractivity (Wildman–Crippen MR) is 68.2 cm³/mol. The Morgan fingerprint density at radius 2 is 2.37 bits per heavy atom. The molecule has 2 unspecified atom stereocenters. The Labute approximate surface area is 111 Å². The molecule has 2 N–H and O–H groups in total. The molecule has 1 aromatic heterocycles. The molecule has 1 aliphatic heterocycles. The van der Waals surface area contributed by atoms with Gasteiger partial charge in [0.1, 0.15) is 11.8 Å². The normalized spacial score (nSPS) is 20.5. The van der Waals surface area contributed by atoms with E-state index in [1.165, 1.54) is 0 Å². The van der Waals surface area contributed by atoms with E-state index in [0.717, 1.165) is 12.1 Å². The van der Waals surface area contributed by atoms with Gasteiger partial charge in [0.05, 0.1) is 11.6 Å². The van der Waals surface area contributed by atoms with Gasteiger partial charge in [-0.05, 0) is 26.2 Å². The molecule has 104 valence electrons. The third kappa shape index (κ3) is 2.62. The summed E-state index contributed by atoms with van der Waals surface area (Å²) in [6, 6.07) is 1.28. The van der Waals surface area contributed by atoms with Crippen LogP contribution in [0.1, 0.15) is 43.6 Å². The van der Waals surface area contributed by atoms with Gasteiger partial charge in [-0.2, -0.15) is 0 Å². The number of hydrogen-bond acceptors (Lipinski definition) is 4. The van der Waals surface area contributed by atoms with Crippen molar-refractivity contribution in [2.75, 3.05) is 6.54 Å². The summed E-state index contributed by atoms with van der Waals surface area (Å²) >= 11 is 0. The predicted octanol–water partition coefficient (Wildman–Crippen LogP) is 0.953. The number of likely N-dealkylation sites (tertiary alicyclic amines) is 1. The van der Waals surface area contributed by atoms with Gasteiger partial charge >= 0.3 is 0 Å². The van der Waals surface area contributed by atoms with E-state index in [-0.39, 0.29) is 11.8 Å². The number of aryl methyl sites for hydroxylation is 1. The highest BCUT2D eigenvalue weighted by molar-refractivity contribution is 5.90. The summed E-state index contributed by atoms with van der Waals surface area (Å²) in [7, 11) is 0. The Bertz CT molecular complexity index is 483. The van der Waals surface area contributed by atoms with Crippen molar-refractivity contribution in [3.8, 4) is 0 Å². The number of nitrogens with two attached hydrogens (primary N) is 1. The molecule has 2 amide bonds. The van der Waals surface area contributed by atoms with Gasteiger partial charge in [0, 0.05) is 12.6 Å². The van der Waals surface area contributed by atoms with Crippen LogP contribution in [-0.2, 0) is 9.59 Å². The molecule has 0 saturated carbocycles. The number of carbonyl (C=O) groups excluding carboxylic acids is 2. The van der Waals surface area contributed by atoms with E-state index in [4.69, 9.17) is 10.3 Å². The molecule has 2 atom stereocenters. The Hall–Kier alpha value is -1.85. The monoisotopic (exact) mass is 265 g/mol. The Morgan fingerprint density at radius 1 is 1.63 bits per heavy atom. The van der Waals surface area contributed by atoms with Crippen LogP contribution in [0.2, 0.25) is 0 Å². The fraction of sp³-hybridized carbons (Fsp3) is 0.615. The number of primary amides is 1. The van der Waals surface area contributed by atoms with Crippen molar-refractivity contribution in [3.05, 3.63) is 17.5 Å². The molecule has 1 fully saturated rings. The third-order valence-corrected chi connectivity index (χ3v) is 3.56. The molecular formula is C13H19N3O3. The van der Waals surface area contributed by atoms with E-state index in [9.17, 15) is 9.59 Å². The smallest absolute Gasteiger partial charge is 0.240 e. The summed E-state index contributed by atoms with van der Waals surface area (Å²) in [6.07, 6.45) is 2.06. The first-order chi connectivity index (χ1) is 9.04. The molecule has 6 nitrogen and oxygen atoms in total. The summed E-state index contributed by atoms with van der Waals surface area (Å²) in [4.78, 5) is 25.5. The summed E-state index contributed by atoms with van der Waals surface area (Å²) < 4.78 is 5.18. The first kappa shape index (κ1) is 13.6. The molecule has 2 rings (SSSR count). The van der Waals surface area contributed by atoms with E-state index in [0.29, 0.717) is 25.1 Å². The zero-order valence-corrected chi connectivity index (χ0v) is 11.3. The van der Waals surface area contributed by atoms with Crippen LogP contribution in [0.15, 0.2) is 10.6 Å². The minimum atomic E-state index is -0.481. The van der Waals surface area contributed by atoms with E-state index in [1.807, 2.05) is 13.8 Å². The molecule has 1 aliphatic rings. The first-order valence-corrected chi connectivity index (χ1v) is 6.57. The lowest BCUT2D eigenvalue weighted by Crippen LogP contribution is -2.45. The second kappa shape index (κ2) is 5.42. The van der Waals surface area contributed by atoms with Crippen molar-refractivity contribution in [1.82, 2.24) is 10.1 Å². The third-order valence-electron chi connectivity index (χ3n) is 3.56. The van der Waals surface area contributed by atoms with Gasteiger partial charge in [0.25, 0.3) is 0 Å². The van der Waals surface area contributed by atoms with Gasteiger partial charge in [-0.1, -0.05) is 12.1 Å². The topological polar surface area (TPSA) is 89.4 Å². The number of rotatable bonds is 4. The molecule has 0 spiro atoms. The van der Waals surface area contributed by atoms with Crippen LogP contribution in [0.3, 0.4) is 0 Å².